The highest BCUT2D eigenvalue weighted by molar-refractivity contribution is 5.20. The van der Waals surface area contributed by atoms with Crippen LogP contribution in [0.25, 0.3) is 0 Å². The van der Waals surface area contributed by atoms with Crippen molar-refractivity contribution in [2.24, 2.45) is 0 Å². The molecule has 1 rings (SSSR count). The van der Waals surface area contributed by atoms with Gasteiger partial charge in [0.05, 0.1) is 6.61 Å². The van der Waals surface area contributed by atoms with Crippen molar-refractivity contribution in [1.82, 2.24) is 0 Å². The zero-order valence-corrected chi connectivity index (χ0v) is 8.69. The molecule has 0 bridgehead atoms. The van der Waals surface area contributed by atoms with Gasteiger partial charge < -0.3 is 9.47 Å². The van der Waals surface area contributed by atoms with E-state index in [-0.39, 0.29) is 6.29 Å². The molecule has 76 valence electrons. The molecule has 1 aromatic rings. The average Bonchev–Trinajstić information content (AvgIpc) is 2.22. The Hall–Kier alpha value is -1.12. The largest absolute Gasteiger partial charge is 0.352 e. The van der Waals surface area contributed by atoms with Gasteiger partial charge in [0.2, 0.25) is 0 Å². The Morgan fingerprint density at radius 2 is 2.00 bits per heavy atom. The minimum absolute atomic E-state index is 0.323. The first-order valence-corrected chi connectivity index (χ1v) is 4.58. The van der Waals surface area contributed by atoms with Gasteiger partial charge in [-0.3, -0.25) is 0 Å². The van der Waals surface area contributed by atoms with E-state index in [1.54, 1.807) is 13.2 Å². The molecular formula is C12H16O2. The molecule has 0 radical (unpaired) electrons. The maximum atomic E-state index is 5.43. The molecule has 14 heavy (non-hydrogen) atoms. The molecule has 0 aromatic heterocycles. The first kappa shape index (κ1) is 11.0. The number of aryl methyl sites for hydroxylation is 1. The number of hydrogen-bond donors (Lipinski definition) is 0. The maximum absolute atomic E-state index is 5.43. The van der Waals surface area contributed by atoms with Gasteiger partial charge >= 0.3 is 0 Å². The van der Waals surface area contributed by atoms with Gasteiger partial charge in [-0.2, -0.15) is 0 Å². The summed E-state index contributed by atoms with van der Waals surface area (Å²) in [6.45, 7) is 6.22. The van der Waals surface area contributed by atoms with Crippen LogP contribution in [0.3, 0.4) is 0 Å². The lowest BCUT2D eigenvalue weighted by molar-refractivity contribution is -0.0984. The lowest BCUT2D eigenvalue weighted by Crippen LogP contribution is -2.11. The predicted octanol–water partition coefficient (Wildman–Crippen LogP) is 2.67. The molecule has 0 amide bonds. The second-order valence-corrected chi connectivity index (χ2v) is 3.14. The third kappa shape index (κ3) is 3.32. The Kier molecular flexibility index (Phi) is 4.36. The second-order valence-electron chi connectivity index (χ2n) is 3.14. The number of ether oxygens (including phenoxy) is 2. The highest BCUT2D eigenvalue weighted by Crippen LogP contribution is 2.06. The first-order chi connectivity index (χ1) is 6.76. The fraction of sp³-hybridized carbons (Fsp3) is 0.333. The lowest BCUT2D eigenvalue weighted by Gasteiger charge is -2.11. The minimum Gasteiger partial charge on any atom is -0.352 e. The van der Waals surface area contributed by atoms with Gasteiger partial charge in [-0.25, -0.2) is 0 Å². The summed E-state index contributed by atoms with van der Waals surface area (Å²) in [6.07, 6.45) is 1.31. The molecule has 0 N–H and O–H groups in total. The number of benzene rings is 1. The van der Waals surface area contributed by atoms with Gasteiger partial charge in [-0.15, -0.1) is 0 Å². The molecule has 0 fully saturated rings. The van der Waals surface area contributed by atoms with E-state index in [0.717, 1.165) is 5.56 Å². The minimum atomic E-state index is -0.323. The quantitative estimate of drug-likeness (QED) is 0.527. The summed E-state index contributed by atoms with van der Waals surface area (Å²) in [5.74, 6) is 0. The van der Waals surface area contributed by atoms with Crippen LogP contribution in [0.2, 0.25) is 0 Å². The van der Waals surface area contributed by atoms with Gasteiger partial charge in [-0.1, -0.05) is 36.4 Å². The van der Waals surface area contributed by atoms with Crippen LogP contribution in [0.15, 0.2) is 36.9 Å². The molecular weight excluding hydrogens is 176 g/mol. The summed E-state index contributed by atoms with van der Waals surface area (Å²) in [6, 6.07) is 8.22. The molecule has 0 saturated carbocycles. The molecule has 2 nitrogen and oxygen atoms in total. The van der Waals surface area contributed by atoms with Crippen molar-refractivity contribution >= 4 is 0 Å². The van der Waals surface area contributed by atoms with Crippen molar-refractivity contribution in [1.29, 1.82) is 0 Å². The standard InChI is InChI=1S/C12H16O2/c1-4-12(13-3)14-9-11-7-5-10(2)6-8-11/h4-8,12H,1,9H2,2-3H3/t12-/m1/s1. The Morgan fingerprint density at radius 1 is 1.36 bits per heavy atom. The van der Waals surface area contributed by atoms with Crippen LogP contribution in [0.1, 0.15) is 11.1 Å². The van der Waals surface area contributed by atoms with E-state index >= 15 is 0 Å². The second kappa shape index (κ2) is 5.58. The normalized spacial score (nSPS) is 12.4. The van der Waals surface area contributed by atoms with Crippen LogP contribution in [-0.4, -0.2) is 13.4 Å². The fourth-order valence-electron chi connectivity index (χ4n) is 1.09. The van der Waals surface area contributed by atoms with Gasteiger partial charge in [-0.05, 0) is 18.6 Å². The van der Waals surface area contributed by atoms with Crippen molar-refractivity contribution in [3.63, 3.8) is 0 Å². The monoisotopic (exact) mass is 192 g/mol. The van der Waals surface area contributed by atoms with E-state index in [1.807, 2.05) is 12.1 Å². The summed E-state index contributed by atoms with van der Waals surface area (Å²) in [7, 11) is 1.60. The average molecular weight is 192 g/mol. The van der Waals surface area contributed by atoms with E-state index in [1.165, 1.54) is 5.56 Å². The van der Waals surface area contributed by atoms with Crippen molar-refractivity contribution in [3.8, 4) is 0 Å². The van der Waals surface area contributed by atoms with Gasteiger partial charge in [0.1, 0.15) is 0 Å². The molecule has 0 heterocycles. The van der Waals surface area contributed by atoms with Gasteiger partial charge in [0.15, 0.2) is 6.29 Å². The Morgan fingerprint density at radius 3 is 2.50 bits per heavy atom. The van der Waals surface area contributed by atoms with E-state index in [2.05, 4.69) is 25.6 Å². The molecule has 0 saturated heterocycles. The fourth-order valence-corrected chi connectivity index (χ4v) is 1.09. The van der Waals surface area contributed by atoms with Gasteiger partial charge in [0.25, 0.3) is 0 Å². The highest BCUT2D eigenvalue weighted by Gasteiger charge is 2.01. The van der Waals surface area contributed by atoms with Crippen LogP contribution in [0, 0.1) is 6.92 Å². The predicted molar refractivity (Wildman–Crippen MR) is 57.0 cm³/mol. The molecule has 0 spiro atoms. The van der Waals surface area contributed by atoms with Crippen LogP contribution in [-0.2, 0) is 16.1 Å². The van der Waals surface area contributed by atoms with Crippen molar-refractivity contribution in [2.75, 3.05) is 7.11 Å². The SMILES string of the molecule is C=C[C@H](OC)OCc1ccc(C)cc1. The zero-order chi connectivity index (χ0) is 10.4. The molecule has 0 aliphatic heterocycles. The highest BCUT2D eigenvalue weighted by atomic mass is 16.7. The van der Waals surface area contributed by atoms with Gasteiger partial charge in [0, 0.05) is 7.11 Å². The summed E-state index contributed by atoms with van der Waals surface area (Å²) < 4.78 is 10.4. The Labute approximate surface area is 85.2 Å². The van der Waals surface area contributed by atoms with Crippen LogP contribution in [0.4, 0.5) is 0 Å². The first-order valence-electron chi connectivity index (χ1n) is 4.58. The molecule has 0 aliphatic rings. The summed E-state index contributed by atoms with van der Waals surface area (Å²) >= 11 is 0. The van der Waals surface area contributed by atoms with Crippen LogP contribution < -0.4 is 0 Å². The number of hydrogen-bond acceptors (Lipinski definition) is 2. The topological polar surface area (TPSA) is 18.5 Å². The van der Waals surface area contributed by atoms with E-state index in [4.69, 9.17) is 9.47 Å². The van der Waals surface area contributed by atoms with E-state index in [9.17, 15) is 0 Å². The number of methoxy groups -OCH3 is 1. The Balaban J connectivity index is 2.45. The van der Waals surface area contributed by atoms with E-state index < -0.39 is 0 Å². The molecule has 0 unspecified atom stereocenters. The van der Waals surface area contributed by atoms with Crippen LogP contribution in [0.5, 0.6) is 0 Å². The molecule has 2 heteroatoms. The zero-order valence-electron chi connectivity index (χ0n) is 8.69. The third-order valence-corrected chi connectivity index (χ3v) is 1.96. The van der Waals surface area contributed by atoms with Crippen molar-refractivity contribution < 1.29 is 9.47 Å². The van der Waals surface area contributed by atoms with Crippen molar-refractivity contribution in [2.45, 2.75) is 19.8 Å². The van der Waals surface area contributed by atoms with Crippen LogP contribution >= 0.6 is 0 Å². The molecule has 1 aromatic carbocycles. The smallest absolute Gasteiger partial charge is 0.176 e. The Bertz CT molecular complexity index is 277. The third-order valence-electron chi connectivity index (χ3n) is 1.96. The summed E-state index contributed by atoms with van der Waals surface area (Å²) in [5.41, 5.74) is 2.39. The van der Waals surface area contributed by atoms with Crippen molar-refractivity contribution in [3.05, 3.63) is 48.0 Å². The number of rotatable bonds is 5. The molecule has 0 aliphatic carbocycles. The maximum Gasteiger partial charge on any atom is 0.176 e. The summed E-state index contributed by atoms with van der Waals surface area (Å²) in [5, 5.41) is 0. The van der Waals surface area contributed by atoms with E-state index in [0.29, 0.717) is 6.61 Å². The lowest BCUT2D eigenvalue weighted by atomic mass is 10.2. The molecule has 1 atom stereocenters. The summed E-state index contributed by atoms with van der Waals surface area (Å²) in [4.78, 5) is 0.